The first kappa shape index (κ1) is 8.74. The van der Waals surface area contributed by atoms with Crippen LogP contribution in [0.2, 0.25) is 0 Å². The fourth-order valence-corrected chi connectivity index (χ4v) is 0.359. The van der Waals surface area contributed by atoms with Crippen LogP contribution in [0, 0.1) is 0 Å². The van der Waals surface area contributed by atoms with Gasteiger partial charge in [-0.2, -0.15) is 0 Å². The van der Waals surface area contributed by atoms with Gasteiger partial charge in [-0.1, -0.05) is 5.11 Å². The van der Waals surface area contributed by atoms with Gasteiger partial charge in [-0.05, 0) is 12.5 Å². The highest BCUT2D eigenvalue weighted by Gasteiger charge is 2.13. The van der Waals surface area contributed by atoms with E-state index in [9.17, 15) is 4.79 Å². The maximum absolute atomic E-state index is 10.1. The summed E-state index contributed by atoms with van der Waals surface area (Å²) in [6.07, 6.45) is -1.39. The molecule has 0 heterocycles. The molecule has 1 unspecified atom stereocenters. The van der Waals surface area contributed by atoms with Gasteiger partial charge in [0.15, 0.2) is 0 Å². The zero-order valence-electron chi connectivity index (χ0n) is 5.39. The maximum Gasteiger partial charge on any atom is 0.339 e. The maximum atomic E-state index is 10.1. The Morgan fingerprint density at radius 1 is 2.00 bits per heavy atom. The van der Waals surface area contributed by atoms with Crippen LogP contribution < -0.4 is 0 Å². The van der Waals surface area contributed by atoms with E-state index in [4.69, 9.17) is 10.6 Å². The van der Waals surface area contributed by atoms with Gasteiger partial charge in [-0.25, -0.2) is 4.79 Å². The van der Waals surface area contributed by atoms with Crippen LogP contribution in [0.4, 0.5) is 0 Å². The number of rotatable bonds is 4. The summed E-state index contributed by atoms with van der Waals surface area (Å²) < 4.78 is 4.52. The fraction of sp³-hybridized carbons (Fsp3) is 0.750. The molecule has 0 aromatic carbocycles. The van der Waals surface area contributed by atoms with E-state index in [-0.39, 0.29) is 6.61 Å². The van der Waals surface area contributed by atoms with Gasteiger partial charge in [0.25, 0.3) is 0 Å². The third kappa shape index (κ3) is 2.91. The molecule has 0 aromatic heterocycles. The van der Waals surface area contributed by atoms with Crippen LogP contribution >= 0.6 is 0 Å². The van der Waals surface area contributed by atoms with Crippen LogP contribution in [0.25, 0.3) is 10.4 Å². The first-order chi connectivity index (χ1) is 4.72. The van der Waals surface area contributed by atoms with Crippen LogP contribution in [0.15, 0.2) is 5.11 Å². The van der Waals surface area contributed by atoms with Gasteiger partial charge in [0, 0.05) is 11.5 Å². The highest BCUT2D eigenvalue weighted by molar-refractivity contribution is 5.71. The number of aliphatic carboxylic acids is 1. The molecular formula is C4H7N3O3. The molecule has 0 aromatic rings. The van der Waals surface area contributed by atoms with Crippen LogP contribution in [0.3, 0.4) is 0 Å². The van der Waals surface area contributed by atoms with Crippen molar-refractivity contribution >= 4 is 5.97 Å². The van der Waals surface area contributed by atoms with Crippen molar-refractivity contribution in [3.63, 3.8) is 0 Å². The number of carboxylic acid groups (broad SMARTS) is 1. The van der Waals surface area contributed by atoms with Gasteiger partial charge in [0.05, 0.1) is 0 Å². The van der Waals surface area contributed by atoms with Crippen molar-refractivity contribution in [2.45, 2.75) is 13.2 Å². The second-order valence-electron chi connectivity index (χ2n) is 1.35. The SMILES string of the molecule is CCOC(N=[N+]=[N-])C(=O)O. The van der Waals surface area contributed by atoms with Gasteiger partial charge >= 0.3 is 5.97 Å². The second-order valence-corrected chi connectivity index (χ2v) is 1.35. The molecule has 0 saturated carbocycles. The average Bonchev–Trinajstić information content (AvgIpc) is 1.87. The van der Waals surface area contributed by atoms with E-state index in [0.29, 0.717) is 0 Å². The summed E-state index contributed by atoms with van der Waals surface area (Å²) in [5.41, 5.74) is 7.83. The number of hydrogen-bond donors (Lipinski definition) is 1. The minimum absolute atomic E-state index is 0.204. The topological polar surface area (TPSA) is 95.3 Å². The lowest BCUT2D eigenvalue weighted by Gasteiger charge is -2.03. The van der Waals surface area contributed by atoms with E-state index < -0.39 is 12.2 Å². The molecule has 6 nitrogen and oxygen atoms in total. The summed E-state index contributed by atoms with van der Waals surface area (Å²) in [5, 5.41) is 11.1. The predicted molar refractivity (Wildman–Crippen MR) is 32.2 cm³/mol. The predicted octanol–water partition coefficient (Wildman–Crippen LogP) is 0.744. The Morgan fingerprint density at radius 3 is 2.90 bits per heavy atom. The third-order valence-electron chi connectivity index (χ3n) is 0.692. The number of carbonyl (C=O) groups is 1. The summed E-state index contributed by atoms with van der Waals surface area (Å²) in [5.74, 6) is -1.28. The number of azide groups is 1. The van der Waals surface area contributed by atoms with Gasteiger partial charge in [0.1, 0.15) is 0 Å². The first-order valence-electron chi connectivity index (χ1n) is 2.61. The summed E-state index contributed by atoms with van der Waals surface area (Å²) in [6.45, 7) is 1.82. The minimum Gasteiger partial charge on any atom is -0.479 e. The third-order valence-corrected chi connectivity index (χ3v) is 0.692. The van der Waals surface area contributed by atoms with Crippen molar-refractivity contribution in [3.05, 3.63) is 10.4 Å². The number of hydrogen-bond acceptors (Lipinski definition) is 3. The molecule has 0 aliphatic rings. The molecule has 0 bridgehead atoms. The quantitative estimate of drug-likeness (QED) is 0.359. The molecule has 56 valence electrons. The zero-order valence-corrected chi connectivity index (χ0v) is 5.39. The molecule has 0 saturated heterocycles. The monoisotopic (exact) mass is 145 g/mol. The molecule has 6 heteroatoms. The van der Waals surface area contributed by atoms with E-state index in [2.05, 4.69) is 14.8 Å². The smallest absolute Gasteiger partial charge is 0.339 e. The molecule has 0 spiro atoms. The molecule has 10 heavy (non-hydrogen) atoms. The lowest BCUT2D eigenvalue weighted by atomic mass is 10.6. The Kier molecular flexibility index (Phi) is 4.02. The number of nitrogens with zero attached hydrogens (tertiary/aromatic N) is 3. The minimum atomic E-state index is -1.39. The van der Waals surface area contributed by atoms with Crippen molar-refractivity contribution in [3.8, 4) is 0 Å². The summed E-state index contributed by atoms with van der Waals surface area (Å²) in [6, 6.07) is 0. The van der Waals surface area contributed by atoms with E-state index in [1.54, 1.807) is 6.92 Å². The normalized spacial score (nSPS) is 11.7. The Labute approximate surface area is 57.0 Å². The highest BCUT2D eigenvalue weighted by Crippen LogP contribution is 1.93. The van der Waals surface area contributed by atoms with Crippen molar-refractivity contribution in [2.75, 3.05) is 6.61 Å². The molecule has 0 aliphatic carbocycles. The van der Waals surface area contributed by atoms with Gasteiger partial charge in [0.2, 0.25) is 6.23 Å². The molecular weight excluding hydrogens is 138 g/mol. The Balaban J connectivity index is 3.97. The Bertz CT molecular complexity index is 161. The summed E-state index contributed by atoms with van der Waals surface area (Å²) >= 11 is 0. The molecule has 0 aliphatic heterocycles. The first-order valence-corrected chi connectivity index (χ1v) is 2.61. The van der Waals surface area contributed by atoms with E-state index in [1.807, 2.05) is 0 Å². The van der Waals surface area contributed by atoms with Crippen molar-refractivity contribution in [2.24, 2.45) is 5.11 Å². The van der Waals surface area contributed by atoms with Crippen LogP contribution in [-0.4, -0.2) is 23.9 Å². The lowest BCUT2D eigenvalue weighted by molar-refractivity contribution is -0.149. The Hall–Kier alpha value is -1.26. The second kappa shape index (κ2) is 4.60. The van der Waals surface area contributed by atoms with Crippen molar-refractivity contribution in [1.82, 2.24) is 0 Å². The molecule has 0 radical (unpaired) electrons. The van der Waals surface area contributed by atoms with Crippen molar-refractivity contribution in [1.29, 1.82) is 0 Å². The van der Waals surface area contributed by atoms with Crippen LogP contribution in [-0.2, 0) is 9.53 Å². The van der Waals surface area contributed by atoms with Gasteiger partial charge < -0.3 is 9.84 Å². The molecule has 0 rings (SSSR count). The number of carboxylic acids is 1. The van der Waals surface area contributed by atoms with Crippen LogP contribution in [0.5, 0.6) is 0 Å². The summed E-state index contributed by atoms with van der Waals surface area (Å²) in [4.78, 5) is 12.4. The van der Waals surface area contributed by atoms with Gasteiger partial charge in [-0.15, -0.1) is 0 Å². The van der Waals surface area contributed by atoms with E-state index in [0.717, 1.165) is 0 Å². The molecule has 0 fully saturated rings. The lowest BCUT2D eigenvalue weighted by Crippen LogP contribution is -2.20. The molecule has 0 amide bonds. The Morgan fingerprint density at radius 2 is 2.60 bits per heavy atom. The zero-order chi connectivity index (χ0) is 7.98. The number of ether oxygens (including phenoxy) is 1. The average molecular weight is 145 g/mol. The highest BCUT2D eigenvalue weighted by atomic mass is 16.5. The van der Waals surface area contributed by atoms with Crippen LogP contribution in [0.1, 0.15) is 6.92 Å². The summed E-state index contributed by atoms with van der Waals surface area (Å²) in [7, 11) is 0. The van der Waals surface area contributed by atoms with E-state index in [1.165, 1.54) is 0 Å². The van der Waals surface area contributed by atoms with Gasteiger partial charge in [-0.3, -0.25) is 0 Å². The molecule has 1 N–H and O–H groups in total. The van der Waals surface area contributed by atoms with Crippen molar-refractivity contribution < 1.29 is 14.6 Å². The standard InChI is InChI=1S/C4H7N3O3/c1-2-10-3(4(8)9)6-7-5/h3H,2H2,1H3,(H,8,9). The van der Waals surface area contributed by atoms with E-state index >= 15 is 0 Å². The fourth-order valence-electron chi connectivity index (χ4n) is 0.359. The largest absolute Gasteiger partial charge is 0.479 e. The molecule has 1 atom stereocenters.